The topological polar surface area (TPSA) is 112 Å². The second kappa shape index (κ2) is 10.6. The van der Waals surface area contributed by atoms with E-state index < -0.39 is 5.97 Å². The molecule has 0 aliphatic carbocycles. The van der Waals surface area contributed by atoms with Gasteiger partial charge in [0.1, 0.15) is 6.54 Å². The lowest BCUT2D eigenvalue weighted by Crippen LogP contribution is -2.31. The standard InChI is InChI=1S/C26H27N3O5/c1-17-6-4-5-7-21(17)22(14-23(27-34)20-12-13-24(30)28(2)15-20)18-8-10-19(11-9-18)26(33)29(3)16-25(31)32/h4-13,15,22,34H,14,16H2,1-3H3,(H,31,32)/b27-23+. The SMILES string of the molecule is Cc1ccccc1C(C/C(=N\O)c1ccc(=O)n(C)c1)c1ccc(C(=O)N(C)CC(=O)O)cc1. The molecule has 0 aliphatic rings. The van der Waals surface area contributed by atoms with Crippen LogP contribution in [0, 0.1) is 6.92 Å². The Labute approximate surface area is 197 Å². The second-order valence-electron chi connectivity index (χ2n) is 8.20. The van der Waals surface area contributed by atoms with Crippen molar-refractivity contribution in [2.24, 2.45) is 12.2 Å². The Kier molecular flexibility index (Phi) is 7.63. The Hall–Kier alpha value is -4.20. The Morgan fingerprint density at radius 2 is 1.68 bits per heavy atom. The first kappa shape index (κ1) is 24.4. The molecule has 0 radical (unpaired) electrons. The van der Waals surface area contributed by atoms with Gasteiger partial charge in [-0.1, -0.05) is 41.6 Å². The molecule has 1 heterocycles. The highest BCUT2D eigenvalue weighted by atomic mass is 16.4. The first-order valence-corrected chi connectivity index (χ1v) is 10.7. The zero-order valence-electron chi connectivity index (χ0n) is 19.3. The highest BCUT2D eigenvalue weighted by Gasteiger charge is 2.22. The summed E-state index contributed by atoms with van der Waals surface area (Å²) in [5, 5.41) is 22.3. The van der Waals surface area contributed by atoms with Crippen LogP contribution in [0.4, 0.5) is 0 Å². The monoisotopic (exact) mass is 461 g/mol. The van der Waals surface area contributed by atoms with Crippen LogP contribution in [0.5, 0.6) is 0 Å². The van der Waals surface area contributed by atoms with Crippen LogP contribution >= 0.6 is 0 Å². The van der Waals surface area contributed by atoms with E-state index >= 15 is 0 Å². The fraction of sp³-hybridized carbons (Fsp3) is 0.231. The molecule has 1 atom stereocenters. The maximum atomic E-state index is 12.5. The number of aliphatic carboxylic acids is 1. The van der Waals surface area contributed by atoms with Crippen LogP contribution in [0.3, 0.4) is 0 Å². The van der Waals surface area contributed by atoms with Crippen LogP contribution in [0.15, 0.2) is 76.8 Å². The number of carbonyl (C=O) groups excluding carboxylic acids is 1. The summed E-state index contributed by atoms with van der Waals surface area (Å²) in [6.07, 6.45) is 1.98. The summed E-state index contributed by atoms with van der Waals surface area (Å²) >= 11 is 0. The van der Waals surface area contributed by atoms with Gasteiger partial charge in [0.05, 0.1) is 5.71 Å². The molecule has 0 fully saturated rings. The van der Waals surface area contributed by atoms with E-state index in [9.17, 15) is 19.6 Å². The molecule has 8 nitrogen and oxygen atoms in total. The van der Waals surface area contributed by atoms with Gasteiger partial charge in [0.15, 0.2) is 0 Å². The summed E-state index contributed by atoms with van der Waals surface area (Å²) in [6.45, 7) is 1.62. The van der Waals surface area contributed by atoms with Crippen molar-refractivity contribution < 1.29 is 19.9 Å². The number of benzene rings is 2. The zero-order chi connectivity index (χ0) is 24.8. The first-order chi connectivity index (χ1) is 16.2. The van der Waals surface area contributed by atoms with Gasteiger partial charge in [0.2, 0.25) is 5.56 Å². The molecule has 8 heteroatoms. The van der Waals surface area contributed by atoms with Crippen molar-refractivity contribution in [2.45, 2.75) is 19.3 Å². The molecule has 2 aromatic carbocycles. The number of carbonyl (C=O) groups is 2. The van der Waals surface area contributed by atoms with Gasteiger partial charge in [-0.25, -0.2) is 0 Å². The molecule has 0 spiro atoms. The number of rotatable bonds is 8. The largest absolute Gasteiger partial charge is 0.480 e. The Morgan fingerprint density at radius 1 is 1.03 bits per heavy atom. The molecule has 0 saturated carbocycles. The number of aromatic nitrogens is 1. The van der Waals surface area contributed by atoms with Gasteiger partial charge in [-0.3, -0.25) is 14.4 Å². The Bertz CT molecular complexity index is 1280. The number of nitrogens with zero attached hydrogens (tertiary/aromatic N) is 3. The van der Waals surface area contributed by atoms with E-state index in [1.165, 1.54) is 17.7 Å². The van der Waals surface area contributed by atoms with Gasteiger partial charge < -0.3 is 19.8 Å². The van der Waals surface area contributed by atoms with E-state index in [1.54, 1.807) is 31.4 Å². The normalized spacial score (nSPS) is 12.3. The van der Waals surface area contributed by atoms with E-state index in [-0.39, 0.29) is 23.9 Å². The third-order valence-electron chi connectivity index (χ3n) is 5.78. The van der Waals surface area contributed by atoms with Gasteiger partial charge in [-0.15, -0.1) is 0 Å². The van der Waals surface area contributed by atoms with Gasteiger partial charge in [-0.2, -0.15) is 0 Å². The summed E-state index contributed by atoms with van der Waals surface area (Å²) in [5.41, 5.74) is 4.27. The quantitative estimate of drug-likeness (QED) is 0.304. The van der Waals surface area contributed by atoms with Crippen LogP contribution in [0.1, 0.15) is 45.0 Å². The molecular formula is C26H27N3O5. The molecule has 34 heavy (non-hydrogen) atoms. The number of carboxylic acid groups (broad SMARTS) is 1. The number of pyridine rings is 1. The van der Waals surface area contributed by atoms with E-state index in [0.29, 0.717) is 23.3 Å². The molecule has 1 aromatic heterocycles. The highest BCUT2D eigenvalue weighted by Crippen LogP contribution is 2.32. The number of likely N-dealkylation sites (N-methyl/N-ethyl adjacent to an activating group) is 1. The van der Waals surface area contributed by atoms with Gasteiger partial charge >= 0.3 is 5.97 Å². The summed E-state index contributed by atoms with van der Waals surface area (Å²) in [4.78, 5) is 36.4. The Balaban J connectivity index is 1.98. The second-order valence-corrected chi connectivity index (χ2v) is 8.20. The van der Waals surface area contributed by atoms with E-state index in [0.717, 1.165) is 21.6 Å². The lowest BCUT2D eigenvalue weighted by atomic mass is 9.83. The first-order valence-electron chi connectivity index (χ1n) is 10.7. The molecule has 2 N–H and O–H groups in total. The highest BCUT2D eigenvalue weighted by molar-refractivity contribution is 6.00. The van der Waals surface area contributed by atoms with Gasteiger partial charge in [0.25, 0.3) is 5.91 Å². The van der Waals surface area contributed by atoms with E-state index in [1.807, 2.05) is 43.3 Å². The molecule has 1 unspecified atom stereocenters. The maximum Gasteiger partial charge on any atom is 0.323 e. The third kappa shape index (κ3) is 5.58. The summed E-state index contributed by atoms with van der Waals surface area (Å²) in [6, 6.07) is 18.0. The average Bonchev–Trinajstić information content (AvgIpc) is 2.82. The van der Waals surface area contributed by atoms with Crippen molar-refractivity contribution in [2.75, 3.05) is 13.6 Å². The third-order valence-corrected chi connectivity index (χ3v) is 5.78. The molecule has 3 aromatic rings. The summed E-state index contributed by atoms with van der Waals surface area (Å²) in [5.74, 6) is -1.66. The minimum Gasteiger partial charge on any atom is -0.480 e. The van der Waals surface area contributed by atoms with Crippen molar-refractivity contribution in [3.8, 4) is 0 Å². The van der Waals surface area contributed by atoms with Gasteiger partial charge in [-0.05, 0) is 41.8 Å². The van der Waals surface area contributed by atoms with Crippen LogP contribution in [-0.2, 0) is 11.8 Å². The number of hydrogen-bond acceptors (Lipinski definition) is 5. The number of amides is 1. The lowest BCUT2D eigenvalue weighted by Gasteiger charge is -2.22. The van der Waals surface area contributed by atoms with E-state index in [4.69, 9.17) is 5.11 Å². The number of hydrogen-bond donors (Lipinski definition) is 2. The van der Waals surface area contributed by atoms with Gasteiger partial charge in [0, 0.05) is 49.8 Å². The molecule has 1 amide bonds. The summed E-state index contributed by atoms with van der Waals surface area (Å²) < 4.78 is 1.43. The van der Waals surface area contributed by atoms with Crippen molar-refractivity contribution in [3.63, 3.8) is 0 Å². The number of oxime groups is 1. The lowest BCUT2D eigenvalue weighted by molar-refractivity contribution is -0.137. The fourth-order valence-electron chi connectivity index (χ4n) is 3.91. The number of carboxylic acids is 1. The molecule has 0 saturated heterocycles. The molecule has 176 valence electrons. The van der Waals surface area contributed by atoms with Crippen LogP contribution in [0.25, 0.3) is 0 Å². The Morgan fingerprint density at radius 3 is 2.26 bits per heavy atom. The smallest absolute Gasteiger partial charge is 0.323 e. The van der Waals surface area contributed by atoms with E-state index in [2.05, 4.69) is 5.16 Å². The van der Waals surface area contributed by atoms with Crippen molar-refractivity contribution in [1.29, 1.82) is 0 Å². The summed E-state index contributed by atoms with van der Waals surface area (Å²) in [7, 11) is 3.08. The molecule has 0 aliphatic heterocycles. The molecule has 3 rings (SSSR count). The van der Waals surface area contributed by atoms with Crippen molar-refractivity contribution >= 4 is 17.6 Å². The maximum absolute atomic E-state index is 12.5. The van der Waals surface area contributed by atoms with Crippen molar-refractivity contribution in [1.82, 2.24) is 9.47 Å². The minimum absolute atomic E-state index is 0.162. The predicted octanol–water partition coefficient (Wildman–Crippen LogP) is 3.25. The van der Waals surface area contributed by atoms with Crippen LogP contribution in [0.2, 0.25) is 0 Å². The molecule has 0 bridgehead atoms. The predicted molar refractivity (Wildman–Crippen MR) is 129 cm³/mol. The van der Waals surface area contributed by atoms with Crippen molar-refractivity contribution in [3.05, 3.63) is 105 Å². The van der Waals surface area contributed by atoms with Crippen LogP contribution < -0.4 is 5.56 Å². The van der Waals surface area contributed by atoms with Crippen LogP contribution in [-0.4, -0.2) is 51.0 Å². The zero-order valence-corrected chi connectivity index (χ0v) is 19.3. The molecular weight excluding hydrogens is 434 g/mol. The number of aryl methyl sites for hydroxylation is 2. The minimum atomic E-state index is -1.08. The fourth-order valence-corrected chi connectivity index (χ4v) is 3.91. The average molecular weight is 462 g/mol.